The van der Waals surface area contributed by atoms with Gasteiger partial charge in [0.15, 0.2) is 11.6 Å². The van der Waals surface area contributed by atoms with Gasteiger partial charge in [-0.3, -0.25) is 4.90 Å². The predicted molar refractivity (Wildman–Crippen MR) is 90.3 cm³/mol. The van der Waals surface area contributed by atoms with Crippen LogP contribution < -0.4 is 4.74 Å². The third-order valence-electron chi connectivity index (χ3n) is 3.88. The van der Waals surface area contributed by atoms with E-state index in [0.29, 0.717) is 25.3 Å². The SMILES string of the molecule is CN(CCOc1ccccc1F)Cc1cn2ccccc2c1C#N. The largest absolute Gasteiger partial charge is 0.489 e. The van der Waals surface area contributed by atoms with Gasteiger partial charge in [0.1, 0.15) is 12.7 Å². The topological polar surface area (TPSA) is 40.7 Å². The second-order valence-electron chi connectivity index (χ2n) is 5.65. The first-order valence-electron chi connectivity index (χ1n) is 7.73. The van der Waals surface area contributed by atoms with E-state index < -0.39 is 0 Å². The van der Waals surface area contributed by atoms with Crippen LogP contribution in [0.4, 0.5) is 4.39 Å². The molecule has 0 aliphatic rings. The van der Waals surface area contributed by atoms with Crippen molar-refractivity contribution in [3.8, 4) is 11.8 Å². The van der Waals surface area contributed by atoms with Gasteiger partial charge in [0.05, 0.1) is 11.1 Å². The quantitative estimate of drug-likeness (QED) is 0.697. The number of pyridine rings is 1. The molecule has 0 fully saturated rings. The lowest BCUT2D eigenvalue weighted by Crippen LogP contribution is -2.24. The van der Waals surface area contributed by atoms with E-state index in [1.165, 1.54) is 6.07 Å². The van der Waals surface area contributed by atoms with Crippen LogP contribution >= 0.6 is 0 Å². The number of aromatic nitrogens is 1. The molecule has 0 saturated carbocycles. The fourth-order valence-electron chi connectivity index (χ4n) is 2.67. The van der Waals surface area contributed by atoms with Gasteiger partial charge < -0.3 is 9.14 Å². The molecule has 5 heteroatoms. The van der Waals surface area contributed by atoms with Gasteiger partial charge >= 0.3 is 0 Å². The number of rotatable bonds is 6. The standard InChI is InChI=1S/C19H18FN3O/c1-22(10-11-24-19-8-3-2-6-17(19)20)13-15-14-23-9-5-4-7-18(23)16(15)12-21/h2-9,14H,10-11,13H2,1H3. The third kappa shape index (κ3) is 3.39. The van der Waals surface area contributed by atoms with Crippen molar-refractivity contribution in [2.45, 2.75) is 6.54 Å². The summed E-state index contributed by atoms with van der Waals surface area (Å²) in [5.74, 6) is -0.0937. The Kier molecular flexibility index (Phi) is 4.78. The van der Waals surface area contributed by atoms with Crippen molar-refractivity contribution in [2.24, 2.45) is 0 Å². The van der Waals surface area contributed by atoms with Gasteiger partial charge in [0.2, 0.25) is 0 Å². The van der Waals surface area contributed by atoms with E-state index >= 15 is 0 Å². The molecular formula is C19H18FN3O. The van der Waals surface area contributed by atoms with Crippen molar-refractivity contribution in [2.75, 3.05) is 20.2 Å². The molecule has 0 N–H and O–H groups in total. The predicted octanol–water partition coefficient (Wildman–Crippen LogP) is 3.46. The summed E-state index contributed by atoms with van der Waals surface area (Å²) >= 11 is 0. The van der Waals surface area contributed by atoms with Crippen LogP contribution in [-0.2, 0) is 6.54 Å². The van der Waals surface area contributed by atoms with E-state index in [4.69, 9.17) is 4.74 Å². The van der Waals surface area contributed by atoms with Crippen molar-refractivity contribution >= 4 is 5.52 Å². The number of benzene rings is 1. The Labute approximate surface area is 140 Å². The highest BCUT2D eigenvalue weighted by atomic mass is 19.1. The van der Waals surface area contributed by atoms with Crippen LogP contribution in [0.1, 0.15) is 11.1 Å². The monoisotopic (exact) mass is 323 g/mol. The van der Waals surface area contributed by atoms with E-state index in [-0.39, 0.29) is 11.6 Å². The molecule has 3 aromatic rings. The molecule has 3 rings (SSSR count). The lowest BCUT2D eigenvalue weighted by Gasteiger charge is -2.16. The molecule has 0 aliphatic carbocycles. The number of fused-ring (bicyclic) bond motifs is 1. The maximum Gasteiger partial charge on any atom is 0.165 e. The summed E-state index contributed by atoms with van der Waals surface area (Å²) in [7, 11) is 1.95. The molecule has 2 aromatic heterocycles. The number of nitriles is 1. The van der Waals surface area contributed by atoms with E-state index in [0.717, 1.165) is 11.1 Å². The number of para-hydroxylation sites is 1. The molecular weight excluding hydrogens is 305 g/mol. The zero-order valence-corrected chi connectivity index (χ0v) is 13.4. The Hall–Kier alpha value is -2.84. The Balaban J connectivity index is 1.62. The van der Waals surface area contributed by atoms with Gasteiger partial charge in [0, 0.05) is 31.0 Å². The van der Waals surface area contributed by atoms with Crippen molar-refractivity contribution in [1.29, 1.82) is 5.26 Å². The zero-order valence-electron chi connectivity index (χ0n) is 13.4. The second kappa shape index (κ2) is 7.16. The van der Waals surface area contributed by atoms with Crippen LogP contribution in [0, 0.1) is 17.1 Å². The Bertz CT molecular complexity index is 882. The van der Waals surface area contributed by atoms with Crippen LogP contribution in [0.25, 0.3) is 5.52 Å². The lowest BCUT2D eigenvalue weighted by molar-refractivity contribution is 0.226. The van der Waals surface area contributed by atoms with Crippen molar-refractivity contribution < 1.29 is 9.13 Å². The summed E-state index contributed by atoms with van der Waals surface area (Å²) in [5, 5.41) is 9.43. The van der Waals surface area contributed by atoms with Gasteiger partial charge in [-0.15, -0.1) is 0 Å². The first kappa shape index (κ1) is 16.0. The van der Waals surface area contributed by atoms with Crippen molar-refractivity contribution in [3.05, 3.63) is 71.8 Å². The lowest BCUT2D eigenvalue weighted by atomic mass is 10.1. The molecule has 24 heavy (non-hydrogen) atoms. The minimum Gasteiger partial charge on any atom is -0.489 e. The van der Waals surface area contributed by atoms with Crippen LogP contribution in [0.15, 0.2) is 54.9 Å². The molecule has 0 amide bonds. The maximum atomic E-state index is 13.5. The van der Waals surface area contributed by atoms with E-state index in [9.17, 15) is 9.65 Å². The van der Waals surface area contributed by atoms with Gasteiger partial charge in [0.25, 0.3) is 0 Å². The highest BCUT2D eigenvalue weighted by Gasteiger charge is 2.12. The zero-order chi connectivity index (χ0) is 16.9. The minimum absolute atomic E-state index is 0.262. The summed E-state index contributed by atoms with van der Waals surface area (Å²) in [5.41, 5.74) is 2.57. The average Bonchev–Trinajstić information content (AvgIpc) is 2.93. The molecule has 0 spiro atoms. The molecule has 2 heterocycles. The summed E-state index contributed by atoms with van der Waals surface area (Å²) in [6, 6.07) is 14.4. The molecule has 0 atom stereocenters. The molecule has 1 aromatic carbocycles. The van der Waals surface area contributed by atoms with Gasteiger partial charge in [-0.2, -0.15) is 5.26 Å². The second-order valence-corrected chi connectivity index (χ2v) is 5.65. The molecule has 0 aliphatic heterocycles. The third-order valence-corrected chi connectivity index (χ3v) is 3.88. The average molecular weight is 323 g/mol. The van der Waals surface area contributed by atoms with Crippen LogP contribution in [0.5, 0.6) is 5.75 Å². The van der Waals surface area contributed by atoms with E-state index in [1.807, 2.05) is 42.0 Å². The highest BCUT2D eigenvalue weighted by molar-refractivity contribution is 5.65. The summed E-state index contributed by atoms with van der Waals surface area (Å²) in [6.45, 7) is 1.64. The fourth-order valence-corrected chi connectivity index (χ4v) is 2.67. The molecule has 0 radical (unpaired) electrons. The van der Waals surface area contributed by atoms with Crippen LogP contribution in [-0.4, -0.2) is 29.5 Å². The number of nitrogens with zero attached hydrogens (tertiary/aromatic N) is 3. The van der Waals surface area contributed by atoms with E-state index in [2.05, 4.69) is 11.0 Å². The summed E-state index contributed by atoms with van der Waals surface area (Å²) < 4.78 is 20.9. The summed E-state index contributed by atoms with van der Waals surface area (Å²) in [6.07, 6.45) is 3.91. The smallest absolute Gasteiger partial charge is 0.165 e. The number of hydrogen-bond acceptors (Lipinski definition) is 3. The maximum absolute atomic E-state index is 13.5. The Morgan fingerprint density at radius 3 is 2.79 bits per heavy atom. The number of halogens is 1. The molecule has 0 bridgehead atoms. The fraction of sp³-hybridized carbons (Fsp3) is 0.211. The normalized spacial score (nSPS) is 10.9. The number of hydrogen-bond donors (Lipinski definition) is 0. The molecule has 0 unspecified atom stereocenters. The number of likely N-dealkylation sites (N-methyl/N-ethyl adjacent to an activating group) is 1. The number of ether oxygens (including phenoxy) is 1. The van der Waals surface area contributed by atoms with Crippen LogP contribution in [0.3, 0.4) is 0 Å². The molecule has 4 nitrogen and oxygen atoms in total. The minimum atomic E-state index is -0.356. The summed E-state index contributed by atoms with van der Waals surface area (Å²) in [4.78, 5) is 2.05. The molecule has 0 saturated heterocycles. The van der Waals surface area contributed by atoms with Gasteiger partial charge in [-0.1, -0.05) is 18.2 Å². The van der Waals surface area contributed by atoms with E-state index in [1.54, 1.807) is 18.2 Å². The van der Waals surface area contributed by atoms with Crippen LogP contribution in [0.2, 0.25) is 0 Å². The first-order chi connectivity index (χ1) is 11.7. The highest BCUT2D eigenvalue weighted by Crippen LogP contribution is 2.19. The van der Waals surface area contributed by atoms with Gasteiger partial charge in [-0.25, -0.2) is 4.39 Å². The first-order valence-corrected chi connectivity index (χ1v) is 7.73. The van der Waals surface area contributed by atoms with Crippen molar-refractivity contribution in [1.82, 2.24) is 9.30 Å². The molecule has 122 valence electrons. The Morgan fingerprint density at radius 1 is 1.21 bits per heavy atom. The van der Waals surface area contributed by atoms with Gasteiger partial charge in [-0.05, 0) is 31.3 Å². The Morgan fingerprint density at radius 2 is 2.00 bits per heavy atom. The van der Waals surface area contributed by atoms with Crippen molar-refractivity contribution in [3.63, 3.8) is 0 Å².